The van der Waals surface area contributed by atoms with E-state index in [4.69, 9.17) is 0 Å². The first-order valence-electron chi connectivity index (χ1n) is 5.84. The van der Waals surface area contributed by atoms with Crippen molar-refractivity contribution in [2.45, 2.75) is 38.4 Å². The first-order chi connectivity index (χ1) is 8.42. The zero-order valence-electron chi connectivity index (χ0n) is 10.1. The van der Waals surface area contributed by atoms with Crippen LogP contribution in [0.5, 0.6) is 0 Å². The van der Waals surface area contributed by atoms with Crippen LogP contribution in [0.2, 0.25) is 0 Å². The van der Waals surface area contributed by atoms with Gasteiger partial charge >= 0.3 is 6.18 Å². The second-order valence-corrected chi connectivity index (χ2v) is 4.02. The van der Waals surface area contributed by atoms with E-state index in [9.17, 15) is 17.6 Å². The summed E-state index contributed by atoms with van der Waals surface area (Å²) in [5.74, 6) is -0.454. The van der Waals surface area contributed by atoms with Crippen LogP contribution in [-0.2, 0) is 0 Å². The van der Waals surface area contributed by atoms with Gasteiger partial charge in [-0.3, -0.25) is 4.98 Å². The van der Waals surface area contributed by atoms with Gasteiger partial charge in [0.25, 0.3) is 0 Å². The van der Waals surface area contributed by atoms with Gasteiger partial charge in [0.2, 0.25) is 0 Å². The minimum absolute atomic E-state index is 0.0280. The molecule has 0 amide bonds. The quantitative estimate of drug-likeness (QED) is 0.794. The first-order valence-corrected chi connectivity index (χ1v) is 5.84. The summed E-state index contributed by atoms with van der Waals surface area (Å²) in [6.45, 7) is 2.48. The number of nitrogens with zero attached hydrogens (tertiary/aromatic N) is 1. The lowest BCUT2D eigenvalue weighted by Gasteiger charge is -2.17. The Morgan fingerprint density at radius 3 is 2.56 bits per heavy atom. The summed E-state index contributed by atoms with van der Waals surface area (Å²) >= 11 is 0. The van der Waals surface area contributed by atoms with Crippen LogP contribution in [0.1, 0.15) is 37.9 Å². The van der Waals surface area contributed by atoms with Gasteiger partial charge in [-0.25, -0.2) is 4.39 Å². The molecule has 0 aromatic carbocycles. The summed E-state index contributed by atoms with van der Waals surface area (Å²) in [7, 11) is 0. The molecule has 0 saturated carbocycles. The molecule has 6 heteroatoms. The number of pyridine rings is 1. The summed E-state index contributed by atoms with van der Waals surface area (Å²) < 4.78 is 48.9. The fourth-order valence-electron chi connectivity index (χ4n) is 1.70. The number of halogens is 4. The first kappa shape index (κ1) is 14.9. The predicted molar refractivity (Wildman–Crippen MR) is 60.5 cm³/mol. The fraction of sp³-hybridized carbons (Fsp3) is 0.583. The molecule has 1 rings (SSSR count). The highest BCUT2D eigenvalue weighted by atomic mass is 19.4. The summed E-state index contributed by atoms with van der Waals surface area (Å²) in [6, 6.07) is 2.49. The molecule has 0 aliphatic rings. The third-order valence-corrected chi connectivity index (χ3v) is 2.51. The van der Waals surface area contributed by atoms with Crippen molar-refractivity contribution in [1.82, 2.24) is 10.3 Å². The van der Waals surface area contributed by atoms with Crippen molar-refractivity contribution < 1.29 is 17.6 Å². The van der Waals surface area contributed by atoms with E-state index in [1.54, 1.807) is 0 Å². The van der Waals surface area contributed by atoms with Crippen molar-refractivity contribution in [2.75, 3.05) is 6.54 Å². The lowest BCUT2D eigenvalue weighted by molar-refractivity contribution is -0.135. The van der Waals surface area contributed by atoms with E-state index in [-0.39, 0.29) is 12.5 Å². The summed E-state index contributed by atoms with van der Waals surface area (Å²) in [5.41, 5.74) is 0.570. The molecule has 2 nitrogen and oxygen atoms in total. The summed E-state index contributed by atoms with van der Waals surface area (Å²) in [4.78, 5) is 3.89. The monoisotopic (exact) mass is 264 g/mol. The molecule has 0 fully saturated rings. The lowest BCUT2D eigenvalue weighted by atomic mass is 10.1. The van der Waals surface area contributed by atoms with Crippen LogP contribution in [0.4, 0.5) is 17.6 Å². The van der Waals surface area contributed by atoms with Gasteiger partial charge < -0.3 is 5.32 Å². The Morgan fingerprint density at radius 1 is 1.33 bits per heavy atom. The highest BCUT2D eigenvalue weighted by molar-refractivity contribution is 5.09. The van der Waals surface area contributed by atoms with E-state index < -0.39 is 18.4 Å². The molecule has 1 N–H and O–H groups in total. The fourth-order valence-corrected chi connectivity index (χ4v) is 1.70. The lowest BCUT2D eigenvalue weighted by Crippen LogP contribution is -2.22. The maximum Gasteiger partial charge on any atom is 0.389 e. The zero-order valence-corrected chi connectivity index (χ0v) is 10.1. The molecule has 0 spiro atoms. The Bertz CT molecular complexity index is 348. The Labute approximate surface area is 103 Å². The number of hydrogen-bond acceptors (Lipinski definition) is 2. The maximum atomic E-state index is 12.7. The molecular formula is C12H16F4N2. The average Bonchev–Trinajstić information content (AvgIpc) is 2.27. The van der Waals surface area contributed by atoms with Crippen LogP contribution in [0.15, 0.2) is 18.3 Å². The van der Waals surface area contributed by atoms with Gasteiger partial charge in [0, 0.05) is 12.5 Å². The zero-order chi connectivity index (χ0) is 13.6. The molecule has 1 atom stereocenters. The normalized spacial score (nSPS) is 13.6. The topological polar surface area (TPSA) is 24.9 Å². The highest BCUT2D eigenvalue weighted by Gasteiger charge is 2.27. The van der Waals surface area contributed by atoms with E-state index in [0.717, 1.165) is 6.20 Å². The van der Waals surface area contributed by atoms with Crippen molar-refractivity contribution in [1.29, 1.82) is 0 Å². The van der Waals surface area contributed by atoms with Gasteiger partial charge in [0.15, 0.2) is 0 Å². The van der Waals surface area contributed by atoms with Crippen molar-refractivity contribution in [3.8, 4) is 0 Å². The largest absolute Gasteiger partial charge is 0.389 e. The molecule has 0 radical (unpaired) electrons. The van der Waals surface area contributed by atoms with Crippen LogP contribution in [0.25, 0.3) is 0 Å². The molecule has 0 saturated heterocycles. The van der Waals surface area contributed by atoms with Crippen LogP contribution < -0.4 is 5.32 Å². The summed E-state index contributed by atoms with van der Waals surface area (Å²) in [5, 5.41) is 3.05. The van der Waals surface area contributed by atoms with Crippen LogP contribution in [0.3, 0.4) is 0 Å². The van der Waals surface area contributed by atoms with Gasteiger partial charge in [-0.15, -0.1) is 0 Å². The maximum absolute atomic E-state index is 12.7. The summed E-state index contributed by atoms with van der Waals surface area (Å²) in [6.07, 6.45) is -3.52. The minimum atomic E-state index is -4.13. The Balaban J connectivity index is 2.57. The van der Waals surface area contributed by atoms with Gasteiger partial charge in [0.05, 0.1) is 11.9 Å². The van der Waals surface area contributed by atoms with Crippen molar-refractivity contribution in [3.63, 3.8) is 0 Å². The molecular weight excluding hydrogens is 248 g/mol. The molecule has 0 bridgehead atoms. The number of alkyl halides is 3. The Kier molecular flexibility index (Phi) is 5.53. The third-order valence-electron chi connectivity index (χ3n) is 2.51. The molecule has 1 heterocycles. The van der Waals surface area contributed by atoms with Gasteiger partial charge in [-0.1, -0.05) is 6.92 Å². The predicted octanol–water partition coefficient (Wildman–Crippen LogP) is 3.60. The number of rotatable bonds is 6. The van der Waals surface area contributed by atoms with Gasteiger partial charge in [0.1, 0.15) is 5.82 Å². The average molecular weight is 264 g/mol. The van der Waals surface area contributed by atoms with Crippen LogP contribution in [0, 0.1) is 5.82 Å². The van der Waals surface area contributed by atoms with Crippen molar-refractivity contribution in [2.24, 2.45) is 0 Å². The molecule has 1 aromatic heterocycles. The standard InChI is InChI=1S/C12H16F4N2/c1-2-17-10(4-3-7-12(14,15)16)11-6-5-9(13)8-18-11/h5-6,8,10,17H,2-4,7H2,1H3. The van der Waals surface area contributed by atoms with Gasteiger partial charge in [-0.05, 0) is 31.5 Å². The van der Waals surface area contributed by atoms with E-state index in [1.807, 2.05) is 6.92 Å². The SMILES string of the molecule is CCNC(CCCC(F)(F)F)c1ccc(F)cn1. The molecule has 1 aromatic rings. The van der Waals surface area contributed by atoms with Crippen molar-refractivity contribution in [3.05, 3.63) is 29.8 Å². The van der Waals surface area contributed by atoms with Gasteiger partial charge in [-0.2, -0.15) is 13.2 Å². The number of aromatic nitrogens is 1. The highest BCUT2D eigenvalue weighted by Crippen LogP contribution is 2.25. The number of nitrogens with one attached hydrogen (secondary N) is 1. The second-order valence-electron chi connectivity index (χ2n) is 4.02. The van der Waals surface area contributed by atoms with Crippen LogP contribution in [-0.4, -0.2) is 17.7 Å². The second kappa shape index (κ2) is 6.68. The molecule has 1 unspecified atom stereocenters. The van der Waals surface area contributed by atoms with E-state index in [2.05, 4.69) is 10.3 Å². The molecule has 18 heavy (non-hydrogen) atoms. The molecule has 0 aliphatic heterocycles. The van der Waals surface area contributed by atoms with Crippen LogP contribution >= 0.6 is 0 Å². The van der Waals surface area contributed by atoms with E-state index in [0.29, 0.717) is 18.7 Å². The Morgan fingerprint density at radius 2 is 2.06 bits per heavy atom. The molecule has 0 aliphatic carbocycles. The molecule has 102 valence electrons. The number of hydrogen-bond donors (Lipinski definition) is 1. The van der Waals surface area contributed by atoms with E-state index >= 15 is 0 Å². The minimum Gasteiger partial charge on any atom is -0.309 e. The van der Waals surface area contributed by atoms with Crippen molar-refractivity contribution >= 4 is 0 Å². The third kappa shape index (κ3) is 5.44. The van der Waals surface area contributed by atoms with E-state index in [1.165, 1.54) is 12.1 Å². The Hall–Kier alpha value is -1.17. The smallest absolute Gasteiger partial charge is 0.309 e.